The Balaban J connectivity index is 2.16. The van der Waals surface area contributed by atoms with Gasteiger partial charge in [0.25, 0.3) is 0 Å². The van der Waals surface area contributed by atoms with Crippen LogP contribution in [0.2, 0.25) is 0 Å². The van der Waals surface area contributed by atoms with E-state index in [0.717, 1.165) is 16.1 Å². The van der Waals surface area contributed by atoms with Crippen molar-refractivity contribution in [1.29, 1.82) is 0 Å². The highest BCUT2D eigenvalue weighted by atomic mass is 32.1. The molecular weight excluding hydrogens is 254 g/mol. The molecule has 1 heterocycles. The maximum Gasteiger partial charge on any atom is 0.188 e. The predicted molar refractivity (Wildman–Crippen MR) is 79.8 cm³/mol. The van der Waals surface area contributed by atoms with Crippen molar-refractivity contribution in [1.82, 2.24) is 4.98 Å². The fraction of sp³-hybridized carbons (Fsp3) is 0.125. The number of fused-ring (bicyclic) bond motifs is 1. The first-order valence-corrected chi connectivity index (χ1v) is 6.94. The van der Waals surface area contributed by atoms with E-state index in [1.165, 1.54) is 22.1 Å². The van der Waals surface area contributed by atoms with Crippen LogP contribution in [0.4, 0.5) is 0 Å². The lowest BCUT2D eigenvalue weighted by Crippen LogP contribution is -1.90. The van der Waals surface area contributed by atoms with Crippen LogP contribution in [-0.2, 0) is 0 Å². The molecule has 0 radical (unpaired) electrons. The first-order chi connectivity index (χ1) is 9.15. The van der Waals surface area contributed by atoms with Crippen LogP contribution in [0.1, 0.15) is 21.6 Å². The second-order valence-electron chi connectivity index (χ2n) is 4.54. The minimum absolute atomic E-state index is 0.0279. The molecule has 19 heavy (non-hydrogen) atoms. The summed E-state index contributed by atoms with van der Waals surface area (Å²) in [6.07, 6.45) is 0. The lowest BCUT2D eigenvalue weighted by Gasteiger charge is -2.02. The molecule has 0 saturated heterocycles. The summed E-state index contributed by atoms with van der Waals surface area (Å²) in [5.74, 6) is 0.0279. The van der Waals surface area contributed by atoms with Gasteiger partial charge in [0.2, 0.25) is 0 Å². The predicted octanol–water partition coefficient (Wildman–Crippen LogP) is 4.47. The summed E-state index contributed by atoms with van der Waals surface area (Å²) in [7, 11) is 0. The molecule has 0 fully saturated rings. The minimum atomic E-state index is 0.0279. The number of thiazole rings is 1. The van der Waals surface area contributed by atoms with Crippen LogP contribution in [0, 0.1) is 6.92 Å². The van der Waals surface area contributed by atoms with Gasteiger partial charge in [0.1, 0.15) is 0 Å². The maximum absolute atomic E-state index is 11.4. The molecule has 0 amide bonds. The summed E-state index contributed by atoms with van der Waals surface area (Å²) in [6.45, 7) is 3.57. The van der Waals surface area contributed by atoms with Crippen molar-refractivity contribution in [3.63, 3.8) is 0 Å². The van der Waals surface area contributed by atoms with Gasteiger partial charge in [-0.15, -0.1) is 11.3 Å². The Morgan fingerprint density at radius 2 is 1.84 bits per heavy atom. The summed E-state index contributed by atoms with van der Waals surface area (Å²) in [6, 6.07) is 14.5. The van der Waals surface area contributed by atoms with Crippen LogP contribution in [0.25, 0.3) is 22.0 Å². The van der Waals surface area contributed by atoms with E-state index in [2.05, 4.69) is 35.3 Å². The molecule has 0 bridgehead atoms. The molecule has 0 N–H and O–H groups in total. The third kappa shape index (κ3) is 2.17. The monoisotopic (exact) mass is 267 g/mol. The molecule has 2 nitrogen and oxygen atoms in total. The Kier molecular flexibility index (Phi) is 2.91. The summed E-state index contributed by atoms with van der Waals surface area (Å²) in [5.41, 5.74) is 1.99. The van der Waals surface area contributed by atoms with Crippen LogP contribution >= 0.6 is 11.3 Å². The Morgan fingerprint density at radius 3 is 2.53 bits per heavy atom. The molecule has 94 valence electrons. The zero-order chi connectivity index (χ0) is 13.4. The molecule has 0 aliphatic heterocycles. The third-order valence-corrected chi connectivity index (χ3v) is 4.19. The van der Waals surface area contributed by atoms with Gasteiger partial charge in [-0.2, -0.15) is 0 Å². The smallest absolute Gasteiger partial charge is 0.188 e. The van der Waals surface area contributed by atoms with Crippen LogP contribution in [0.15, 0.2) is 42.5 Å². The number of rotatable bonds is 2. The molecule has 0 atom stereocenters. The molecular formula is C16H13NOS. The van der Waals surface area contributed by atoms with Crippen molar-refractivity contribution >= 4 is 27.9 Å². The Hall–Kier alpha value is -2.00. The number of hydrogen-bond donors (Lipinski definition) is 0. The molecule has 0 aliphatic carbocycles. The van der Waals surface area contributed by atoms with Crippen LogP contribution < -0.4 is 0 Å². The van der Waals surface area contributed by atoms with Crippen LogP contribution in [0.3, 0.4) is 0 Å². The second kappa shape index (κ2) is 4.59. The van der Waals surface area contributed by atoms with Gasteiger partial charge in [0.05, 0.1) is 5.69 Å². The molecule has 0 spiro atoms. The van der Waals surface area contributed by atoms with Crippen molar-refractivity contribution in [3.05, 3.63) is 52.3 Å². The van der Waals surface area contributed by atoms with Crippen molar-refractivity contribution in [3.8, 4) is 11.3 Å². The van der Waals surface area contributed by atoms with Gasteiger partial charge in [-0.1, -0.05) is 36.4 Å². The number of carbonyl (C=O) groups is 1. The number of aryl methyl sites for hydroxylation is 1. The average molecular weight is 267 g/mol. The highest BCUT2D eigenvalue weighted by molar-refractivity contribution is 7.14. The fourth-order valence-electron chi connectivity index (χ4n) is 2.15. The van der Waals surface area contributed by atoms with Gasteiger partial charge >= 0.3 is 0 Å². The van der Waals surface area contributed by atoms with Crippen molar-refractivity contribution in [2.45, 2.75) is 13.8 Å². The second-order valence-corrected chi connectivity index (χ2v) is 5.75. The van der Waals surface area contributed by atoms with Crippen molar-refractivity contribution in [2.24, 2.45) is 0 Å². The highest BCUT2D eigenvalue weighted by Gasteiger charge is 2.12. The van der Waals surface area contributed by atoms with E-state index >= 15 is 0 Å². The SMILES string of the molecule is CC(=O)c1nc(-c2ccc3ccccc3c2)c(C)s1. The number of benzene rings is 2. The molecule has 3 rings (SSSR count). The Morgan fingerprint density at radius 1 is 1.11 bits per heavy atom. The summed E-state index contributed by atoms with van der Waals surface area (Å²) >= 11 is 1.46. The minimum Gasteiger partial charge on any atom is -0.292 e. The molecule has 0 saturated carbocycles. The van der Waals surface area contributed by atoms with Crippen molar-refractivity contribution < 1.29 is 4.79 Å². The largest absolute Gasteiger partial charge is 0.292 e. The van der Waals surface area contributed by atoms with Crippen LogP contribution in [0.5, 0.6) is 0 Å². The molecule has 3 heteroatoms. The summed E-state index contributed by atoms with van der Waals surface area (Å²) in [4.78, 5) is 16.9. The number of carbonyl (C=O) groups excluding carboxylic acids is 1. The van der Waals surface area contributed by atoms with E-state index in [4.69, 9.17) is 0 Å². The lowest BCUT2D eigenvalue weighted by atomic mass is 10.0. The highest BCUT2D eigenvalue weighted by Crippen LogP contribution is 2.29. The van der Waals surface area contributed by atoms with Gasteiger partial charge < -0.3 is 0 Å². The molecule has 3 aromatic rings. The van der Waals surface area contributed by atoms with E-state index in [9.17, 15) is 4.79 Å². The number of Topliss-reactive ketones (excluding diaryl/α,β-unsaturated/α-hetero) is 1. The van der Waals surface area contributed by atoms with Gasteiger partial charge in [0.15, 0.2) is 10.8 Å². The molecule has 1 aromatic heterocycles. The van der Waals surface area contributed by atoms with E-state index in [-0.39, 0.29) is 5.78 Å². The summed E-state index contributed by atoms with van der Waals surface area (Å²) in [5, 5.41) is 2.99. The molecule has 2 aromatic carbocycles. The first-order valence-electron chi connectivity index (χ1n) is 6.12. The first kappa shape index (κ1) is 12.1. The van der Waals surface area contributed by atoms with E-state index in [1.54, 1.807) is 6.92 Å². The van der Waals surface area contributed by atoms with E-state index in [0.29, 0.717) is 5.01 Å². The number of hydrogen-bond acceptors (Lipinski definition) is 3. The topological polar surface area (TPSA) is 30.0 Å². The number of aromatic nitrogens is 1. The summed E-state index contributed by atoms with van der Waals surface area (Å²) < 4.78 is 0. The average Bonchev–Trinajstić information content (AvgIpc) is 2.80. The quantitative estimate of drug-likeness (QED) is 0.641. The Bertz CT molecular complexity index is 773. The van der Waals surface area contributed by atoms with Gasteiger partial charge in [-0.25, -0.2) is 4.98 Å². The van der Waals surface area contributed by atoms with Gasteiger partial charge in [0, 0.05) is 17.4 Å². The van der Waals surface area contributed by atoms with Crippen LogP contribution in [-0.4, -0.2) is 10.8 Å². The normalized spacial score (nSPS) is 10.8. The molecule has 0 unspecified atom stereocenters. The standard InChI is InChI=1S/C16H13NOS/c1-10(18)16-17-15(11(2)19-16)14-8-7-12-5-3-4-6-13(12)9-14/h3-9H,1-2H3. The van der Waals surface area contributed by atoms with Crippen molar-refractivity contribution in [2.75, 3.05) is 0 Å². The zero-order valence-corrected chi connectivity index (χ0v) is 11.6. The lowest BCUT2D eigenvalue weighted by molar-refractivity contribution is 0.101. The zero-order valence-electron chi connectivity index (χ0n) is 10.8. The maximum atomic E-state index is 11.4. The van der Waals surface area contributed by atoms with E-state index in [1.807, 2.05) is 19.1 Å². The van der Waals surface area contributed by atoms with Gasteiger partial charge in [-0.3, -0.25) is 4.79 Å². The number of nitrogens with zero attached hydrogens (tertiary/aromatic N) is 1. The van der Waals surface area contributed by atoms with Gasteiger partial charge in [-0.05, 0) is 23.8 Å². The fourth-order valence-corrected chi connectivity index (χ4v) is 2.98. The third-order valence-electron chi connectivity index (χ3n) is 3.12. The number of ketones is 1. The van der Waals surface area contributed by atoms with E-state index < -0.39 is 0 Å². The molecule has 0 aliphatic rings. The Labute approximate surface area is 115 Å².